The third-order valence-corrected chi connectivity index (χ3v) is 3.10. The molecule has 2 nitrogen and oxygen atoms in total. The molecule has 0 aromatic heterocycles. The van der Waals surface area contributed by atoms with E-state index in [1.807, 2.05) is 0 Å². The maximum absolute atomic E-state index is 11.1. The number of benzene rings is 1. The van der Waals surface area contributed by atoms with Gasteiger partial charge in [-0.1, -0.05) is 11.6 Å². The van der Waals surface area contributed by atoms with Crippen molar-refractivity contribution in [1.29, 1.82) is 0 Å². The molecule has 1 aromatic rings. The van der Waals surface area contributed by atoms with Crippen LogP contribution in [0.1, 0.15) is 0 Å². The summed E-state index contributed by atoms with van der Waals surface area (Å²) in [5.74, 6) is -0.350. The Morgan fingerprint density at radius 1 is 1.36 bits per heavy atom. The van der Waals surface area contributed by atoms with Crippen molar-refractivity contribution in [3.8, 4) is 0 Å². The Morgan fingerprint density at radius 3 is 2.29 bits per heavy atom. The molecule has 0 spiro atoms. The molecule has 1 rings (SSSR count). The summed E-state index contributed by atoms with van der Waals surface area (Å²) in [6, 6.07) is 3.38. The van der Waals surface area contributed by atoms with Crippen LogP contribution in [0, 0.1) is 0 Å². The molecule has 0 radical (unpaired) electrons. The first-order chi connectivity index (χ1) is 6.54. The molecule has 1 N–H and O–H groups in total. The SMILES string of the molecule is O=C(CCl)Nc1c(Br)cc(Cl)cc1Br. The minimum absolute atomic E-state index is 0.0818. The third-order valence-electron chi connectivity index (χ3n) is 1.39. The number of hydrogen-bond donors (Lipinski definition) is 1. The second-order valence-electron chi connectivity index (χ2n) is 2.43. The third kappa shape index (κ3) is 3.12. The number of rotatable bonds is 2. The van der Waals surface area contributed by atoms with E-state index in [1.165, 1.54) is 0 Å². The van der Waals surface area contributed by atoms with Gasteiger partial charge in [-0.25, -0.2) is 0 Å². The molecule has 0 unspecified atom stereocenters. The normalized spacial score (nSPS) is 10.0. The summed E-state index contributed by atoms with van der Waals surface area (Å²) in [7, 11) is 0. The number of carbonyl (C=O) groups excluding carboxylic acids is 1. The van der Waals surface area contributed by atoms with Crippen LogP contribution in [-0.2, 0) is 4.79 Å². The molecule has 0 heterocycles. The lowest BCUT2D eigenvalue weighted by Gasteiger charge is -2.08. The molecule has 0 bridgehead atoms. The Kier molecular flexibility index (Phi) is 4.70. The molecule has 0 atom stereocenters. The summed E-state index contributed by atoms with van der Waals surface area (Å²) in [4.78, 5) is 11.1. The van der Waals surface area contributed by atoms with Crippen molar-refractivity contribution in [3.05, 3.63) is 26.1 Å². The predicted molar refractivity (Wildman–Crippen MR) is 66.2 cm³/mol. The first-order valence-electron chi connectivity index (χ1n) is 3.55. The Bertz CT molecular complexity index is 347. The van der Waals surface area contributed by atoms with Gasteiger partial charge in [0.25, 0.3) is 0 Å². The molecule has 0 fully saturated rings. The summed E-state index contributed by atoms with van der Waals surface area (Å²) >= 11 is 17.7. The lowest BCUT2D eigenvalue weighted by molar-refractivity contribution is -0.113. The summed E-state index contributed by atoms with van der Waals surface area (Å²) in [6.45, 7) is 0. The first-order valence-corrected chi connectivity index (χ1v) is 6.05. The second kappa shape index (κ2) is 5.35. The van der Waals surface area contributed by atoms with Gasteiger partial charge in [-0.2, -0.15) is 0 Å². The molecule has 1 amide bonds. The quantitative estimate of drug-likeness (QED) is 0.791. The van der Waals surface area contributed by atoms with E-state index < -0.39 is 0 Å². The van der Waals surface area contributed by atoms with E-state index in [4.69, 9.17) is 23.2 Å². The van der Waals surface area contributed by atoms with Gasteiger partial charge in [0.05, 0.1) is 5.69 Å². The van der Waals surface area contributed by atoms with E-state index in [0.717, 1.165) is 0 Å². The van der Waals surface area contributed by atoms with Crippen LogP contribution in [0.5, 0.6) is 0 Å². The Hall–Kier alpha value is 0.230. The topological polar surface area (TPSA) is 29.1 Å². The van der Waals surface area contributed by atoms with Crippen LogP contribution in [0.15, 0.2) is 21.1 Å². The van der Waals surface area contributed by atoms with Gasteiger partial charge < -0.3 is 5.32 Å². The lowest BCUT2D eigenvalue weighted by atomic mass is 10.3. The zero-order chi connectivity index (χ0) is 10.7. The smallest absolute Gasteiger partial charge is 0.239 e. The van der Waals surface area contributed by atoms with Crippen molar-refractivity contribution in [1.82, 2.24) is 0 Å². The minimum Gasteiger partial charge on any atom is -0.323 e. The minimum atomic E-state index is -0.268. The van der Waals surface area contributed by atoms with Crippen LogP contribution in [-0.4, -0.2) is 11.8 Å². The van der Waals surface area contributed by atoms with Crippen LogP contribution in [0.25, 0.3) is 0 Å². The number of alkyl halides is 1. The molecule has 1 aromatic carbocycles. The Labute approximate surface area is 108 Å². The predicted octanol–water partition coefficient (Wildman–Crippen LogP) is 4.04. The molecule has 14 heavy (non-hydrogen) atoms. The highest BCUT2D eigenvalue weighted by molar-refractivity contribution is 9.11. The molecule has 0 aliphatic heterocycles. The number of halogens is 4. The monoisotopic (exact) mass is 359 g/mol. The van der Waals surface area contributed by atoms with E-state index in [2.05, 4.69) is 37.2 Å². The Balaban J connectivity index is 3.02. The maximum Gasteiger partial charge on any atom is 0.239 e. The molecule has 0 saturated heterocycles. The van der Waals surface area contributed by atoms with E-state index in [-0.39, 0.29) is 11.8 Å². The van der Waals surface area contributed by atoms with Crippen molar-refractivity contribution in [2.24, 2.45) is 0 Å². The molecule has 0 saturated carbocycles. The molecule has 0 aliphatic rings. The zero-order valence-corrected chi connectivity index (χ0v) is 11.5. The van der Waals surface area contributed by atoms with E-state index in [0.29, 0.717) is 19.7 Å². The van der Waals surface area contributed by atoms with Crippen molar-refractivity contribution in [2.75, 3.05) is 11.2 Å². The average Bonchev–Trinajstić information content (AvgIpc) is 2.10. The van der Waals surface area contributed by atoms with Gasteiger partial charge in [0.15, 0.2) is 0 Å². The highest BCUT2D eigenvalue weighted by Gasteiger charge is 2.09. The number of anilines is 1. The van der Waals surface area contributed by atoms with E-state index in [1.54, 1.807) is 12.1 Å². The number of hydrogen-bond acceptors (Lipinski definition) is 1. The van der Waals surface area contributed by atoms with Crippen LogP contribution in [0.3, 0.4) is 0 Å². The van der Waals surface area contributed by atoms with Gasteiger partial charge in [-0.15, -0.1) is 11.6 Å². The number of carbonyl (C=O) groups is 1. The summed E-state index contributed by atoms with van der Waals surface area (Å²) in [6.07, 6.45) is 0. The fourth-order valence-electron chi connectivity index (χ4n) is 0.834. The number of nitrogens with one attached hydrogen (secondary N) is 1. The van der Waals surface area contributed by atoms with Gasteiger partial charge in [0, 0.05) is 14.0 Å². The fraction of sp³-hybridized carbons (Fsp3) is 0.125. The number of amides is 1. The zero-order valence-electron chi connectivity index (χ0n) is 6.78. The van der Waals surface area contributed by atoms with Crippen molar-refractivity contribution < 1.29 is 4.79 Å². The van der Waals surface area contributed by atoms with Crippen LogP contribution >= 0.6 is 55.1 Å². The molecular weight excluding hydrogens is 357 g/mol. The van der Waals surface area contributed by atoms with Gasteiger partial charge in [-0.3, -0.25) is 4.79 Å². The molecule has 6 heteroatoms. The Morgan fingerprint density at radius 2 is 1.86 bits per heavy atom. The summed E-state index contributed by atoms with van der Waals surface area (Å²) in [5, 5.41) is 3.21. The lowest BCUT2D eigenvalue weighted by Crippen LogP contribution is -2.13. The van der Waals surface area contributed by atoms with Gasteiger partial charge in [0.1, 0.15) is 5.88 Å². The van der Waals surface area contributed by atoms with Crippen molar-refractivity contribution in [3.63, 3.8) is 0 Å². The van der Waals surface area contributed by atoms with Gasteiger partial charge in [0.2, 0.25) is 5.91 Å². The molecular formula is C8H5Br2Cl2NO. The molecule has 76 valence electrons. The highest BCUT2D eigenvalue weighted by Crippen LogP contribution is 2.34. The van der Waals surface area contributed by atoms with Crippen LogP contribution < -0.4 is 5.32 Å². The first kappa shape index (κ1) is 12.3. The van der Waals surface area contributed by atoms with Gasteiger partial charge in [-0.05, 0) is 44.0 Å². The van der Waals surface area contributed by atoms with Crippen LogP contribution in [0.2, 0.25) is 5.02 Å². The van der Waals surface area contributed by atoms with E-state index >= 15 is 0 Å². The second-order valence-corrected chi connectivity index (χ2v) is 4.84. The van der Waals surface area contributed by atoms with Crippen molar-refractivity contribution in [2.45, 2.75) is 0 Å². The van der Waals surface area contributed by atoms with E-state index in [9.17, 15) is 4.79 Å². The standard InChI is InChI=1S/C8H5Br2Cl2NO/c9-5-1-4(12)2-6(10)8(5)13-7(14)3-11/h1-2H,3H2,(H,13,14). The molecule has 0 aliphatic carbocycles. The summed E-state index contributed by atoms with van der Waals surface area (Å²) in [5.41, 5.74) is 0.625. The fourth-order valence-corrected chi connectivity index (χ4v) is 2.77. The maximum atomic E-state index is 11.1. The highest BCUT2D eigenvalue weighted by atomic mass is 79.9. The largest absolute Gasteiger partial charge is 0.323 e. The average molecular weight is 362 g/mol. The van der Waals surface area contributed by atoms with Crippen molar-refractivity contribution >= 4 is 66.7 Å². The summed E-state index contributed by atoms with van der Waals surface area (Å²) < 4.78 is 1.41. The van der Waals surface area contributed by atoms with Crippen LogP contribution in [0.4, 0.5) is 5.69 Å². The van der Waals surface area contributed by atoms with Gasteiger partial charge >= 0.3 is 0 Å².